The average molecular weight is 1390 g/mol. The molecule has 0 spiro atoms. The SMILES string of the molecule is Cc1cc(-c2ccccc2C)[n+](C)cc1C.Cc1ccccc1-c1cc(-c2ccccc2)cc[n+]1C.Cc1ccccc1-c1ccc(-c2ccccc2)c[n+]1C.Cc1ccccc1-c1cccc[n+]1C.Cc1ccccc1-c1n(-c2c(-c3ccccc3)cc(-c3ccccc3)cc2-c2ccccc2)cc[n+]1C. The zero-order valence-corrected chi connectivity index (χ0v) is 63.9. The topological polar surface area (TPSA) is 24.3 Å². The first-order valence-electron chi connectivity index (χ1n) is 36.8. The van der Waals surface area contributed by atoms with Gasteiger partial charge in [-0.2, -0.15) is 4.57 Å². The lowest BCUT2D eigenvalue weighted by Crippen LogP contribution is -2.31. The van der Waals surface area contributed by atoms with Gasteiger partial charge in [0.2, 0.25) is 22.8 Å². The monoisotopic (exact) mass is 1390 g/mol. The fourth-order valence-electron chi connectivity index (χ4n) is 13.9. The number of pyridine rings is 4. The zero-order valence-electron chi connectivity index (χ0n) is 63.9. The van der Waals surface area contributed by atoms with Crippen LogP contribution in [0.3, 0.4) is 0 Å². The van der Waals surface area contributed by atoms with Crippen molar-refractivity contribution in [1.82, 2.24) is 4.57 Å². The molecule has 16 rings (SSSR count). The molecular formula is C101H97N6+5. The van der Waals surface area contributed by atoms with E-state index in [-0.39, 0.29) is 0 Å². The van der Waals surface area contributed by atoms with Crippen LogP contribution in [0, 0.1) is 48.5 Å². The molecule has 526 valence electrons. The van der Waals surface area contributed by atoms with Crippen molar-refractivity contribution in [3.05, 3.63) is 410 Å². The standard InChI is InChI=1S/C35H29N2.2C19H18N.C15H18N.C13H14N/c1-26-14-12-13-21-31(26)35-36(2)22-23-37(35)34-32(28-17-8-4-9-18-28)24-30(27-15-6-3-7-16-27)25-33(34)29-19-10-5-11-20-29;1-15-8-6-7-11-18(15)19-14-17(12-13-20(19)2)16-9-4-3-5-10-16;1-15-8-6-7-11-18(15)19-13-12-17(14-20(19)2)16-9-4-3-5-10-16;1-11-7-5-6-8-14(11)15-9-12(2)13(3)10-16(15)4;1-11-7-3-4-8-12(11)13-9-5-6-10-14(13)2/h3-25H,1-2H3;2*3-14H,1-2H3;5-10H,1-4H3;3-10H,1-2H3/q5*+1. The Balaban J connectivity index is 0.000000132. The normalized spacial score (nSPS) is 10.6. The summed E-state index contributed by atoms with van der Waals surface area (Å²) < 4.78 is 13.3. The summed E-state index contributed by atoms with van der Waals surface area (Å²) in [4.78, 5) is 0. The third kappa shape index (κ3) is 17.9. The number of hydrogen-bond donors (Lipinski definition) is 0. The second-order valence-corrected chi connectivity index (χ2v) is 27.6. The summed E-state index contributed by atoms with van der Waals surface area (Å²) >= 11 is 0. The summed E-state index contributed by atoms with van der Waals surface area (Å²) in [5.41, 5.74) is 34.0. The summed E-state index contributed by atoms with van der Waals surface area (Å²) in [6, 6.07) is 118. The first-order valence-corrected chi connectivity index (χ1v) is 36.8. The van der Waals surface area contributed by atoms with Gasteiger partial charge in [0, 0.05) is 80.9 Å². The van der Waals surface area contributed by atoms with E-state index < -0.39 is 0 Å². The van der Waals surface area contributed by atoms with Crippen molar-refractivity contribution >= 4 is 0 Å². The fourth-order valence-corrected chi connectivity index (χ4v) is 13.9. The molecule has 16 aromatic rings. The van der Waals surface area contributed by atoms with Crippen LogP contribution in [0.5, 0.6) is 0 Å². The Morgan fingerprint density at radius 1 is 0.196 bits per heavy atom. The van der Waals surface area contributed by atoms with Crippen LogP contribution in [0.15, 0.2) is 371 Å². The van der Waals surface area contributed by atoms with E-state index in [1.807, 2.05) is 12.1 Å². The molecule has 0 fully saturated rings. The van der Waals surface area contributed by atoms with Gasteiger partial charge >= 0.3 is 0 Å². The molecule has 5 aromatic heterocycles. The molecule has 0 radical (unpaired) electrons. The van der Waals surface area contributed by atoms with Crippen molar-refractivity contribution in [3.63, 3.8) is 0 Å². The maximum absolute atomic E-state index is 2.36. The number of hydrogen-bond acceptors (Lipinski definition) is 0. The Kier molecular flexibility index (Phi) is 24.3. The van der Waals surface area contributed by atoms with Gasteiger partial charge in [-0.25, -0.2) is 22.8 Å². The Morgan fingerprint density at radius 2 is 0.551 bits per heavy atom. The van der Waals surface area contributed by atoms with E-state index in [4.69, 9.17) is 0 Å². The van der Waals surface area contributed by atoms with E-state index in [1.165, 1.54) is 151 Å². The van der Waals surface area contributed by atoms with Crippen LogP contribution in [0.4, 0.5) is 0 Å². The van der Waals surface area contributed by atoms with Gasteiger partial charge in [-0.15, -0.1) is 0 Å². The summed E-state index contributed by atoms with van der Waals surface area (Å²) in [7, 11) is 10.5. The minimum atomic E-state index is 1.15. The van der Waals surface area contributed by atoms with Crippen LogP contribution < -0.4 is 22.8 Å². The predicted molar refractivity (Wildman–Crippen MR) is 445 cm³/mol. The Labute approximate surface area is 634 Å². The second kappa shape index (κ2) is 35.1. The van der Waals surface area contributed by atoms with Gasteiger partial charge in [0.05, 0.1) is 12.6 Å². The highest BCUT2D eigenvalue weighted by atomic mass is 15.1. The molecule has 107 heavy (non-hydrogen) atoms. The molecule has 0 saturated heterocycles. The summed E-state index contributed by atoms with van der Waals surface area (Å²) in [6.45, 7) is 15.1. The predicted octanol–water partition coefficient (Wildman–Crippen LogP) is 22.2. The van der Waals surface area contributed by atoms with Crippen molar-refractivity contribution < 1.29 is 22.8 Å². The van der Waals surface area contributed by atoms with Gasteiger partial charge in [-0.1, -0.05) is 243 Å². The van der Waals surface area contributed by atoms with E-state index in [0.29, 0.717) is 0 Å². The van der Waals surface area contributed by atoms with E-state index in [2.05, 4.69) is 470 Å². The molecule has 0 bridgehead atoms. The molecule has 11 aromatic carbocycles. The number of aromatic nitrogens is 6. The molecule has 0 unspecified atom stereocenters. The Morgan fingerprint density at radius 3 is 0.991 bits per heavy atom. The lowest BCUT2D eigenvalue weighted by atomic mass is 9.90. The quantitative estimate of drug-likeness (QED) is 0.115. The van der Waals surface area contributed by atoms with E-state index in [1.54, 1.807) is 0 Å². The second-order valence-electron chi connectivity index (χ2n) is 27.6. The largest absolute Gasteiger partial charge is 0.294 e. The van der Waals surface area contributed by atoms with Crippen LogP contribution in [-0.4, -0.2) is 4.57 Å². The molecule has 0 aliphatic rings. The minimum Gasteiger partial charge on any atom is -0.232 e. The number of benzene rings is 11. The van der Waals surface area contributed by atoms with E-state index in [9.17, 15) is 0 Å². The maximum atomic E-state index is 2.36. The lowest BCUT2D eigenvalue weighted by molar-refractivity contribution is -0.660. The van der Waals surface area contributed by atoms with E-state index >= 15 is 0 Å². The molecule has 6 heteroatoms. The first kappa shape index (κ1) is 74.0. The summed E-state index contributed by atoms with van der Waals surface area (Å²) in [5.74, 6) is 1.15. The van der Waals surface area contributed by atoms with Crippen LogP contribution in [-0.2, 0) is 35.2 Å². The highest BCUT2D eigenvalue weighted by Crippen LogP contribution is 2.42. The first-order chi connectivity index (χ1) is 52.1. The van der Waals surface area contributed by atoms with Crippen LogP contribution in [0.1, 0.15) is 38.9 Å². The Hall–Kier alpha value is -12.8. The fraction of sp³-hybridized carbons (Fsp3) is 0.119. The Bertz CT molecular complexity index is 5540. The van der Waals surface area contributed by atoms with Crippen molar-refractivity contribution in [2.45, 2.75) is 48.5 Å². The molecular weight excluding hydrogens is 1300 g/mol. The van der Waals surface area contributed by atoms with Gasteiger partial charge in [0.15, 0.2) is 24.8 Å². The van der Waals surface area contributed by atoms with E-state index in [0.717, 1.165) is 5.82 Å². The lowest BCUT2D eigenvalue weighted by Gasteiger charge is -2.17. The molecule has 0 aliphatic carbocycles. The molecule has 0 aliphatic heterocycles. The molecule has 0 atom stereocenters. The zero-order chi connectivity index (χ0) is 74.8. The van der Waals surface area contributed by atoms with Gasteiger partial charge in [-0.3, -0.25) is 0 Å². The molecule has 0 amide bonds. The van der Waals surface area contributed by atoms with Crippen LogP contribution in [0.2, 0.25) is 0 Å². The highest BCUT2D eigenvalue weighted by Gasteiger charge is 2.28. The van der Waals surface area contributed by atoms with Crippen LogP contribution in [0.25, 0.3) is 118 Å². The molecule has 0 N–H and O–H groups in total. The number of rotatable bonds is 11. The minimum absolute atomic E-state index is 1.15. The van der Waals surface area contributed by atoms with Crippen molar-refractivity contribution in [2.75, 3.05) is 0 Å². The van der Waals surface area contributed by atoms with Crippen LogP contribution >= 0.6 is 0 Å². The summed E-state index contributed by atoms with van der Waals surface area (Å²) in [6.07, 6.45) is 12.9. The maximum Gasteiger partial charge on any atom is 0.294 e. The third-order valence-corrected chi connectivity index (χ3v) is 20.0. The van der Waals surface area contributed by atoms with Gasteiger partial charge < -0.3 is 0 Å². The molecule has 0 saturated carbocycles. The summed E-state index contributed by atoms with van der Waals surface area (Å²) in [5, 5.41) is 0. The highest BCUT2D eigenvalue weighted by molar-refractivity contribution is 5.91. The number of imidazole rings is 1. The smallest absolute Gasteiger partial charge is 0.232 e. The number of nitrogens with zero attached hydrogens (tertiary/aromatic N) is 6. The van der Waals surface area contributed by atoms with Gasteiger partial charge in [0.1, 0.15) is 46.3 Å². The van der Waals surface area contributed by atoms with Crippen molar-refractivity contribution in [1.29, 1.82) is 0 Å². The van der Waals surface area contributed by atoms with Crippen molar-refractivity contribution in [2.24, 2.45) is 35.2 Å². The van der Waals surface area contributed by atoms with Gasteiger partial charge in [-0.05, 0) is 175 Å². The average Bonchev–Trinajstić information content (AvgIpc) is 1.71. The van der Waals surface area contributed by atoms with Gasteiger partial charge in [0.25, 0.3) is 5.82 Å². The van der Waals surface area contributed by atoms with Crippen molar-refractivity contribution in [3.8, 4) is 118 Å². The third-order valence-electron chi connectivity index (χ3n) is 20.0. The molecule has 5 heterocycles. The molecule has 6 nitrogen and oxygen atoms in total. The number of aryl methyl sites for hydroxylation is 12.